The molecule has 0 bridgehead atoms. The van der Waals surface area contributed by atoms with Gasteiger partial charge in [0.15, 0.2) is 0 Å². The van der Waals surface area contributed by atoms with E-state index in [4.69, 9.17) is 4.74 Å². The van der Waals surface area contributed by atoms with E-state index in [-0.39, 0.29) is 18.5 Å². The summed E-state index contributed by atoms with van der Waals surface area (Å²) in [5, 5.41) is 23.4. The minimum Gasteiger partial charge on any atom is -0.466 e. The third-order valence-electron chi connectivity index (χ3n) is 16.7. The molecule has 0 spiro atoms. The predicted molar refractivity (Wildman–Crippen MR) is 329 cm³/mol. The van der Waals surface area contributed by atoms with Crippen LogP contribution in [0.5, 0.6) is 0 Å². The van der Waals surface area contributed by atoms with E-state index in [0.29, 0.717) is 25.9 Å². The number of unbranched alkanes of at least 4 members (excludes halogenated alkanes) is 55. The van der Waals surface area contributed by atoms with E-state index in [0.717, 1.165) is 38.5 Å². The van der Waals surface area contributed by atoms with Crippen LogP contribution >= 0.6 is 0 Å². The summed E-state index contributed by atoms with van der Waals surface area (Å²) in [6.45, 7) is 5.00. The van der Waals surface area contributed by atoms with Gasteiger partial charge in [0.2, 0.25) is 5.91 Å². The summed E-state index contributed by atoms with van der Waals surface area (Å²) in [7, 11) is 0. The maximum Gasteiger partial charge on any atom is 0.305 e. The van der Waals surface area contributed by atoms with E-state index < -0.39 is 12.1 Å². The standard InChI is InChI=1S/C69H137NO5/c1-3-5-7-9-11-13-15-17-19-20-21-25-28-31-34-37-41-45-49-53-57-61-67(72)66(65-71)70-68(73)62-58-54-50-46-42-38-35-32-29-26-23-22-24-27-30-33-36-40-44-48-52-56-60-64-75-69(74)63-59-55-51-47-43-39-18-16-14-12-10-8-6-4-2/h66-67,71-72H,3-65H2,1-2H3,(H,70,73). The van der Waals surface area contributed by atoms with Gasteiger partial charge in [-0.15, -0.1) is 0 Å². The van der Waals surface area contributed by atoms with Gasteiger partial charge >= 0.3 is 5.97 Å². The van der Waals surface area contributed by atoms with Gasteiger partial charge in [-0.3, -0.25) is 9.59 Å². The zero-order valence-electron chi connectivity index (χ0n) is 51.3. The molecule has 0 radical (unpaired) electrons. The highest BCUT2D eigenvalue weighted by Crippen LogP contribution is 2.19. The first kappa shape index (κ1) is 73.9. The van der Waals surface area contributed by atoms with Gasteiger partial charge in [0.1, 0.15) is 0 Å². The number of hydrogen-bond acceptors (Lipinski definition) is 5. The molecule has 0 aliphatic rings. The Morgan fingerprint density at radius 1 is 0.320 bits per heavy atom. The molecule has 6 nitrogen and oxygen atoms in total. The van der Waals surface area contributed by atoms with Crippen LogP contribution in [0.25, 0.3) is 0 Å². The number of ether oxygens (including phenoxy) is 1. The number of esters is 1. The monoisotopic (exact) mass is 1060 g/mol. The molecule has 2 unspecified atom stereocenters. The first-order valence-corrected chi connectivity index (χ1v) is 34.8. The zero-order valence-corrected chi connectivity index (χ0v) is 51.3. The van der Waals surface area contributed by atoms with Crippen LogP contribution in [0.3, 0.4) is 0 Å². The minimum atomic E-state index is -0.664. The van der Waals surface area contributed by atoms with Gasteiger partial charge in [-0.25, -0.2) is 0 Å². The van der Waals surface area contributed by atoms with Crippen LogP contribution in [0.1, 0.15) is 406 Å². The molecule has 0 saturated heterocycles. The molecule has 6 heteroatoms. The predicted octanol–water partition coefficient (Wildman–Crippen LogP) is 22.2. The van der Waals surface area contributed by atoms with Crippen molar-refractivity contribution in [3.8, 4) is 0 Å². The van der Waals surface area contributed by atoms with Gasteiger partial charge in [0, 0.05) is 12.8 Å². The maximum atomic E-state index is 12.5. The van der Waals surface area contributed by atoms with Crippen LogP contribution in [-0.4, -0.2) is 47.4 Å². The Hall–Kier alpha value is -1.14. The molecule has 0 aromatic rings. The van der Waals surface area contributed by atoms with E-state index >= 15 is 0 Å². The highest BCUT2D eigenvalue weighted by molar-refractivity contribution is 5.76. The molecule has 2 atom stereocenters. The summed E-state index contributed by atoms with van der Waals surface area (Å²) >= 11 is 0. The first-order chi connectivity index (χ1) is 37.0. The van der Waals surface area contributed by atoms with Crippen LogP contribution in [0.15, 0.2) is 0 Å². The molecule has 448 valence electrons. The molecular weight excluding hydrogens is 923 g/mol. The molecule has 0 fully saturated rings. The lowest BCUT2D eigenvalue weighted by molar-refractivity contribution is -0.143. The third-order valence-corrected chi connectivity index (χ3v) is 16.7. The maximum absolute atomic E-state index is 12.5. The molecule has 0 rings (SSSR count). The lowest BCUT2D eigenvalue weighted by Gasteiger charge is -2.22. The number of hydrogen-bond donors (Lipinski definition) is 3. The van der Waals surface area contributed by atoms with E-state index in [2.05, 4.69) is 19.2 Å². The van der Waals surface area contributed by atoms with Crippen molar-refractivity contribution in [2.45, 2.75) is 418 Å². The Kier molecular flexibility index (Phi) is 64.4. The fourth-order valence-electron chi connectivity index (χ4n) is 11.4. The number of carbonyl (C=O) groups excluding carboxylic acids is 2. The molecule has 0 aliphatic heterocycles. The smallest absolute Gasteiger partial charge is 0.305 e. The molecule has 0 saturated carbocycles. The summed E-state index contributed by atoms with van der Waals surface area (Å²) in [5.41, 5.74) is 0. The second-order valence-corrected chi connectivity index (χ2v) is 24.2. The summed E-state index contributed by atoms with van der Waals surface area (Å²) < 4.78 is 5.49. The fraction of sp³-hybridized carbons (Fsp3) is 0.971. The molecule has 0 aromatic heterocycles. The average Bonchev–Trinajstić information content (AvgIpc) is 3.41. The van der Waals surface area contributed by atoms with Gasteiger partial charge in [0.05, 0.1) is 25.4 Å². The molecule has 0 aromatic carbocycles. The van der Waals surface area contributed by atoms with E-state index in [9.17, 15) is 19.8 Å². The highest BCUT2D eigenvalue weighted by Gasteiger charge is 2.20. The quantitative estimate of drug-likeness (QED) is 0.0417. The number of amides is 1. The lowest BCUT2D eigenvalue weighted by Crippen LogP contribution is -2.45. The van der Waals surface area contributed by atoms with Crippen LogP contribution in [0, 0.1) is 0 Å². The second-order valence-electron chi connectivity index (χ2n) is 24.2. The van der Waals surface area contributed by atoms with Crippen LogP contribution < -0.4 is 5.32 Å². The van der Waals surface area contributed by atoms with E-state index in [1.165, 1.54) is 334 Å². The molecule has 1 amide bonds. The van der Waals surface area contributed by atoms with Crippen molar-refractivity contribution in [1.82, 2.24) is 5.32 Å². The van der Waals surface area contributed by atoms with Crippen molar-refractivity contribution >= 4 is 11.9 Å². The van der Waals surface area contributed by atoms with Gasteiger partial charge in [-0.05, 0) is 25.7 Å². The minimum absolute atomic E-state index is 0.0182. The Morgan fingerprint density at radius 2 is 0.547 bits per heavy atom. The SMILES string of the molecule is CCCCCCCCCCCCCCCCCCCCCCCC(O)C(CO)NC(=O)CCCCCCCCCCCCCCCCCCCCCCCCCOC(=O)CCCCCCCCCCCCCCCC. The molecule has 75 heavy (non-hydrogen) atoms. The van der Waals surface area contributed by atoms with Gasteiger partial charge in [-0.2, -0.15) is 0 Å². The Balaban J connectivity index is 3.36. The van der Waals surface area contributed by atoms with E-state index in [1.807, 2.05) is 0 Å². The number of aliphatic hydroxyl groups excluding tert-OH is 2. The summed E-state index contributed by atoms with van der Waals surface area (Å²) in [4.78, 5) is 24.6. The van der Waals surface area contributed by atoms with Crippen LogP contribution in [0.2, 0.25) is 0 Å². The first-order valence-electron chi connectivity index (χ1n) is 34.8. The average molecular weight is 1060 g/mol. The van der Waals surface area contributed by atoms with Gasteiger partial charge < -0.3 is 20.3 Å². The van der Waals surface area contributed by atoms with Crippen molar-refractivity contribution in [1.29, 1.82) is 0 Å². The molecule has 3 N–H and O–H groups in total. The largest absolute Gasteiger partial charge is 0.466 e. The summed E-state index contributed by atoms with van der Waals surface area (Å²) in [6, 6.07) is -0.541. The van der Waals surface area contributed by atoms with Gasteiger partial charge in [0.25, 0.3) is 0 Å². The number of rotatable bonds is 66. The molecule has 0 aliphatic carbocycles. The van der Waals surface area contributed by atoms with Crippen LogP contribution in [-0.2, 0) is 14.3 Å². The Bertz CT molecular complexity index is 1080. The Labute approximate surface area is 470 Å². The van der Waals surface area contributed by atoms with Crippen molar-refractivity contribution in [3.05, 3.63) is 0 Å². The number of nitrogens with one attached hydrogen (secondary N) is 1. The molecular formula is C69H137NO5. The van der Waals surface area contributed by atoms with Crippen molar-refractivity contribution in [3.63, 3.8) is 0 Å². The zero-order chi connectivity index (χ0) is 54.3. The normalized spacial score (nSPS) is 12.4. The van der Waals surface area contributed by atoms with Crippen molar-refractivity contribution in [2.24, 2.45) is 0 Å². The van der Waals surface area contributed by atoms with Crippen molar-refractivity contribution < 1.29 is 24.5 Å². The third kappa shape index (κ3) is 61.9. The molecule has 0 heterocycles. The Morgan fingerprint density at radius 3 is 0.813 bits per heavy atom. The summed E-state index contributed by atoms with van der Waals surface area (Å²) in [6.07, 6.45) is 78.5. The van der Waals surface area contributed by atoms with Crippen molar-refractivity contribution in [2.75, 3.05) is 13.2 Å². The topological polar surface area (TPSA) is 95.9 Å². The lowest BCUT2D eigenvalue weighted by atomic mass is 10.0. The van der Waals surface area contributed by atoms with Gasteiger partial charge in [-0.1, -0.05) is 367 Å². The number of carbonyl (C=O) groups is 2. The summed E-state index contributed by atoms with van der Waals surface area (Å²) in [5.74, 6) is -0.0109. The van der Waals surface area contributed by atoms with E-state index in [1.54, 1.807) is 0 Å². The number of aliphatic hydroxyl groups is 2. The fourth-order valence-corrected chi connectivity index (χ4v) is 11.4. The van der Waals surface area contributed by atoms with Crippen LogP contribution in [0.4, 0.5) is 0 Å². The highest BCUT2D eigenvalue weighted by atomic mass is 16.5. The second kappa shape index (κ2) is 65.4.